The minimum absolute atomic E-state index is 0.0129. The number of hydrogen-bond acceptors (Lipinski definition) is 7. The van der Waals surface area contributed by atoms with Crippen molar-refractivity contribution in [2.45, 2.75) is 0 Å². The highest BCUT2D eigenvalue weighted by atomic mass is 16.2. The maximum atomic E-state index is 12.2. The number of rotatable bonds is 4. The van der Waals surface area contributed by atoms with Crippen molar-refractivity contribution in [1.82, 2.24) is 20.4 Å². The van der Waals surface area contributed by atoms with E-state index >= 15 is 0 Å². The van der Waals surface area contributed by atoms with Crippen LogP contribution in [-0.4, -0.2) is 34.1 Å². The maximum Gasteiger partial charge on any atom is 0.259 e. The lowest BCUT2D eigenvalue weighted by molar-refractivity contribution is -0.112. The molecule has 1 aromatic heterocycles. The second-order valence-corrected chi connectivity index (χ2v) is 3.83. The largest absolute Gasteiger partial charge is 0.314 e. The average Bonchev–Trinajstić information content (AvgIpc) is 3.09. The van der Waals surface area contributed by atoms with Crippen molar-refractivity contribution >= 4 is 18.6 Å². The van der Waals surface area contributed by atoms with Crippen LogP contribution < -0.4 is 10.7 Å². The highest BCUT2D eigenvalue weighted by Crippen LogP contribution is 2.18. The first-order valence-electron chi connectivity index (χ1n) is 5.71. The van der Waals surface area contributed by atoms with E-state index in [0.29, 0.717) is 11.4 Å². The van der Waals surface area contributed by atoms with Gasteiger partial charge in [0.1, 0.15) is 12.1 Å². The second-order valence-electron chi connectivity index (χ2n) is 3.83. The molecule has 2 rings (SSSR count). The van der Waals surface area contributed by atoms with Crippen LogP contribution in [0, 0.1) is 22.7 Å². The molecule has 9 nitrogen and oxygen atoms in total. The molecule has 9 heteroatoms. The molecule has 0 spiro atoms. The van der Waals surface area contributed by atoms with Gasteiger partial charge in [0.2, 0.25) is 5.95 Å². The van der Waals surface area contributed by atoms with Gasteiger partial charge in [-0.05, 0) is 6.72 Å². The Morgan fingerprint density at radius 3 is 2.81 bits per heavy atom. The van der Waals surface area contributed by atoms with E-state index < -0.39 is 5.91 Å². The first kappa shape index (κ1) is 14.0. The third-order valence-electron chi connectivity index (χ3n) is 2.68. The zero-order valence-corrected chi connectivity index (χ0v) is 10.8. The number of amides is 1. The summed E-state index contributed by atoms with van der Waals surface area (Å²) in [6, 6.07) is 3.53. The summed E-state index contributed by atoms with van der Waals surface area (Å²) in [5.74, 6) is -0.131. The van der Waals surface area contributed by atoms with Crippen molar-refractivity contribution < 1.29 is 4.79 Å². The van der Waals surface area contributed by atoms with Gasteiger partial charge in [0.25, 0.3) is 5.91 Å². The average molecular weight is 282 g/mol. The van der Waals surface area contributed by atoms with Crippen molar-refractivity contribution in [3.63, 3.8) is 0 Å². The monoisotopic (exact) mass is 282 g/mol. The quantitative estimate of drug-likeness (QED) is 0.664. The smallest absolute Gasteiger partial charge is 0.259 e. The molecule has 0 atom stereocenters. The Morgan fingerprint density at radius 1 is 1.52 bits per heavy atom. The molecule has 0 radical (unpaired) electrons. The molecule has 1 aliphatic heterocycles. The molecule has 0 unspecified atom stereocenters. The fourth-order valence-corrected chi connectivity index (χ4v) is 1.75. The second kappa shape index (κ2) is 5.69. The molecule has 1 aliphatic rings. The van der Waals surface area contributed by atoms with Gasteiger partial charge in [-0.25, -0.2) is 15.4 Å². The predicted molar refractivity (Wildman–Crippen MR) is 73.3 cm³/mol. The van der Waals surface area contributed by atoms with Gasteiger partial charge in [-0.1, -0.05) is 6.58 Å². The Balaban J connectivity index is 2.25. The molecule has 0 aliphatic carbocycles. The van der Waals surface area contributed by atoms with E-state index in [4.69, 9.17) is 10.5 Å². The molecular formula is C12H10N8O. The van der Waals surface area contributed by atoms with Gasteiger partial charge in [0.05, 0.1) is 5.57 Å². The van der Waals surface area contributed by atoms with Crippen molar-refractivity contribution in [3.8, 4) is 12.1 Å². The molecule has 2 heterocycles. The third kappa shape index (κ3) is 2.49. The van der Waals surface area contributed by atoms with Crippen molar-refractivity contribution in [2.24, 2.45) is 4.99 Å². The number of nitrogens with one attached hydrogen (secondary N) is 3. The number of carbonyl (C=O) groups excluding carboxylic acids is 1. The summed E-state index contributed by atoms with van der Waals surface area (Å²) in [5.41, 5.74) is 3.11. The van der Waals surface area contributed by atoms with Gasteiger partial charge in [-0.2, -0.15) is 10.5 Å². The summed E-state index contributed by atoms with van der Waals surface area (Å²) < 4.78 is 0. The lowest BCUT2D eigenvalue weighted by atomic mass is 10.2. The first-order chi connectivity index (χ1) is 10.1. The minimum Gasteiger partial charge on any atom is -0.314 e. The predicted octanol–water partition coefficient (Wildman–Crippen LogP) is -0.0325. The van der Waals surface area contributed by atoms with Crippen LogP contribution >= 0.6 is 0 Å². The number of aromatic amines is 1. The number of hydrazine groups is 1. The van der Waals surface area contributed by atoms with Crippen LogP contribution in [-0.2, 0) is 4.79 Å². The molecule has 1 amide bonds. The van der Waals surface area contributed by atoms with Gasteiger partial charge in [0, 0.05) is 12.7 Å². The number of nitrogens with zero attached hydrogens (tertiary/aromatic N) is 5. The zero-order chi connectivity index (χ0) is 15.4. The van der Waals surface area contributed by atoms with E-state index in [2.05, 4.69) is 39.0 Å². The molecule has 0 aromatic carbocycles. The number of carbonyl (C=O) groups is 1. The van der Waals surface area contributed by atoms with Crippen molar-refractivity contribution in [2.75, 3.05) is 11.9 Å². The zero-order valence-electron chi connectivity index (χ0n) is 10.8. The van der Waals surface area contributed by atoms with Crippen molar-refractivity contribution in [3.05, 3.63) is 35.6 Å². The summed E-state index contributed by atoms with van der Waals surface area (Å²) >= 11 is 0. The van der Waals surface area contributed by atoms with Crippen LogP contribution in [0.5, 0.6) is 0 Å². The number of imidazole rings is 1. The van der Waals surface area contributed by atoms with E-state index in [0.717, 1.165) is 0 Å². The summed E-state index contributed by atoms with van der Waals surface area (Å²) in [5, 5.41) is 21.5. The van der Waals surface area contributed by atoms with Gasteiger partial charge >= 0.3 is 0 Å². The van der Waals surface area contributed by atoms with Crippen molar-refractivity contribution in [1.29, 1.82) is 10.5 Å². The van der Waals surface area contributed by atoms with E-state index in [9.17, 15) is 4.79 Å². The first-order valence-corrected chi connectivity index (χ1v) is 5.71. The Hall–Kier alpha value is -3.43. The summed E-state index contributed by atoms with van der Waals surface area (Å²) in [6.07, 6.45) is 1.46. The van der Waals surface area contributed by atoms with E-state index in [1.807, 2.05) is 0 Å². The number of anilines is 1. The Kier molecular flexibility index (Phi) is 3.79. The van der Waals surface area contributed by atoms with Crippen LogP contribution in [0.3, 0.4) is 0 Å². The molecule has 1 aromatic rings. The Bertz CT molecular complexity index is 698. The molecule has 3 N–H and O–H groups in total. The van der Waals surface area contributed by atoms with E-state index in [1.165, 1.54) is 11.2 Å². The maximum absolute atomic E-state index is 12.2. The van der Waals surface area contributed by atoms with Crippen LogP contribution in [0.4, 0.5) is 5.95 Å². The van der Waals surface area contributed by atoms with Crippen LogP contribution in [0.15, 0.2) is 29.2 Å². The Morgan fingerprint density at radius 2 is 2.29 bits per heavy atom. The molecule has 104 valence electrons. The van der Waals surface area contributed by atoms with Gasteiger partial charge in [0.15, 0.2) is 17.2 Å². The van der Waals surface area contributed by atoms with Gasteiger partial charge < -0.3 is 4.98 Å². The summed E-state index contributed by atoms with van der Waals surface area (Å²) in [4.78, 5) is 22.3. The fourth-order valence-electron chi connectivity index (χ4n) is 1.75. The number of aromatic nitrogens is 2. The fraction of sp³-hybridized carbons (Fsp3) is 0.0833. The molecular weight excluding hydrogens is 272 g/mol. The lowest BCUT2D eigenvalue weighted by Crippen LogP contribution is -2.25. The molecule has 0 saturated carbocycles. The number of aliphatic imine (C=N–C) groups is 1. The number of nitriles is 2. The normalized spacial score (nSPS) is 13.5. The number of H-pyrrole nitrogens is 1. The molecule has 21 heavy (non-hydrogen) atoms. The SMILES string of the molecule is C=CN1NCC(C(=O)Nc2nc(C#N)c(C#N)[nH]2)=C1N=C. The molecule has 0 bridgehead atoms. The highest BCUT2D eigenvalue weighted by Gasteiger charge is 2.25. The van der Waals surface area contributed by atoms with Crippen LogP contribution in [0.1, 0.15) is 11.4 Å². The molecule has 0 saturated heterocycles. The summed E-state index contributed by atoms with van der Waals surface area (Å²) in [7, 11) is 0. The van der Waals surface area contributed by atoms with E-state index in [1.54, 1.807) is 12.1 Å². The highest BCUT2D eigenvalue weighted by molar-refractivity contribution is 6.04. The minimum atomic E-state index is -0.475. The van der Waals surface area contributed by atoms with Crippen LogP contribution in [0.25, 0.3) is 0 Å². The third-order valence-corrected chi connectivity index (χ3v) is 2.68. The standard InChI is InChI=1S/C12H10N8O/c1-3-20-10(15-2)7(6-16-20)11(21)19-12-17-8(4-13)9(5-14)18-12/h3,16H,1-2,6H2,(H2,17,18,19,21). The topological polar surface area (TPSA) is 133 Å². The van der Waals surface area contributed by atoms with Gasteiger partial charge in [-0.3, -0.25) is 15.1 Å². The van der Waals surface area contributed by atoms with Crippen LogP contribution in [0.2, 0.25) is 0 Å². The Labute approximate surface area is 119 Å². The molecule has 0 fully saturated rings. The number of hydrogen-bond donors (Lipinski definition) is 3. The van der Waals surface area contributed by atoms with E-state index in [-0.39, 0.29) is 23.9 Å². The summed E-state index contributed by atoms with van der Waals surface area (Å²) in [6.45, 7) is 7.21. The van der Waals surface area contributed by atoms with Gasteiger partial charge in [-0.15, -0.1) is 0 Å². The lowest BCUT2D eigenvalue weighted by Gasteiger charge is -2.12.